The van der Waals surface area contributed by atoms with Crippen LogP contribution in [0.1, 0.15) is 25.8 Å². The molecule has 0 amide bonds. The van der Waals surface area contributed by atoms with Crippen LogP contribution in [0.3, 0.4) is 0 Å². The fourth-order valence-corrected chi connectivity index (χ4v) is 3.48. The molecule has 0 spiro atoms. The summed E-state index contributed by atoms with van der Waals surface area (Å²) in [5, 5.41) is 2.34. The maximum absolute atomic E-state index is 4.85. The Hall–Kier alpha value is -1.29. The van der Waals surface area contributed by atoms with Crippen LogP contribution in [0.25, 0.3) is 10.9 Å². The van der Waals surface area contributed by atoms with Gasteiger partial charge in [-0.15, -0.1) is 11.8 Å². The van der Waals surface area contributed by atoms with E-state index in [0.29, 0.717) is 12.0 Å². The summed E-state index contributed by atoms with van der Waals surface area (Å²) < 4.78 is 0. The minimum absolute atomic E-state index is 0.478. The second kappa shape index (κ2) is 4.76. The molecule has 1 aliphatic heterocycles. The molecule has 0 bridgehead atoms. The summed E-state index contributed by atoms with van der Waals surface area (Å²) in [5.74, 6) is 1.82. The normalized spacial score (nSPS) is 19.7. The summed E-state index contributed by atoms with van der Waals surface area (Å²) in [6, 6.07) is 2.48. The molecule has 1 unspecified atom stereocenters. The first-order chi connectivity index (χ1) is 8.74. The molecule has 0 aromatic carbocycles. The first-order valence-corrected chi connectivity index (χ1v) is 7.34. The fourth-order valence-electron chi connectivity index (χ4n) is 2.37. The van der Waals surface area contributed by atoms with E-state index in [2.05, 4.69) is 30.0 Å². The molecule has 94 valence electrons. The number of H-pyrrole nitrogens is 1. The van der Waals surface area contributed by atoms with Gasteiger partial charge in [0.15, 0.2) is 0 Å². The lowest BCUT2D eigenvalue weighted by atomic mass is 10.1. The number of nitrogens with one attached hydrogen (secondary N) is 1. The van der Waals surface area contributed by atoms with Gasteiger partial charge in [-0.2, -0.15) is 0 Å². The Kier molecular flexibility index (Phi) is 3.12. The number of pyridine rings is 1. The molecule has 0 radical (unpaired) electrons. The van der Waals surface area contributed by atoms with Crippen LogP contribution in [0.4, 0.5) is 0 Å². The van der Waals surface area contributed by atoms with Crippen LogP contribution < -0.4 is 0 Å². The molecular weight excluding hydrogens is 242 g/mol. The quantitative estimate of drug-likeness (QED) is 0.917. The van der Waals surface area contributed by atoms with Gasteiger partial charge in [-0.1, -0.05) is 13.8 Å². The number of aliphatic imine (C=N–C) groups is 1. The molecule has 0 fully saturated rings. The molecule has 18 heavy (non-hydrogen) atoms. The fraction of sp³-hybridized carbons (Fsp3) is 0.429. The largest absolute Gasteiger partial charge is 0.360 e. The zero-order valence-corrected chi connectivity index (χ0v) is 11.5. The van der Waals surface area contributed by atoms with Crippen LogP contribution in [-0.2, 0) is 0 Å². The molecule has 0 saturated carbocycles. The molecular formula is C14H17N3S. The molecule has 3 rings (SSSR count). The van der Waals surface area contributed by atoms with Gasteiger partial charge in [0.25, 0.3) is 0 Å². The molecule has 0 saturated heterocycles. The number of aromatic amines is 1. The summed E-state index contributed by atoms with van der Waals surface area (Å²) in [4.78, 5) is 12.3. The Morgan fingerprint density at radius 1 is 1.50 bits per heavy atom. The Morgan fingerprint density at radius 2 is 2.39 bits per heavy atom. The summed E-state index contributed by atoms with van der Waals surface area (Å²) in [6.07, 6.45) is 6.96. The predicted octanol–water partition coefficient (Wildman–Crippen LogP) is 3.47. The van der Waals surface area contributed by atoms with E-state index in [1.165, 1.54) is 22.4 Å². The second-order valence-corrected chi connectivity index (χ2v) is 6.16. The van der Waals surface area contributed by atoms with Gasteiger partial charge < -0.3 is 4.98 Å². The van der Waals surface area contributed by atoms with Crippen molar-refractivity contribution in [2.75, 3.05) is 5.75 Å². The van der Waals surface area contributed by atoms with Gasteiger partial charge in [-0.05, 0) is 18.4 Å². The van der Waals surface area contributed by atoms with E-state index in [-0.39, 0.29) is 0 Å². The zero-order chi connectivity index (χ0) is 12.5. The highest BCUT2D eigenvalue weighted by atomic mass is 32.2. The number of nitrogens with zero attached hydrogens (tertiary/aromatic N) is 2. The van der Waals surface area contributed by atoms with Gasteiger partial charge in [-0.3, -0.25) is 9.98 Å². The third-order valence-electron chi connectivity index (χ3n) is 3.17. The predicted molar refractivity (Wildman–Crippen MR) is 78.3 cm³/mol. The maximum Gasteiger partial charge on any atom is 0.100 e. The van der Waals surface area contributed by atoms with Crippen LogP contribution in [0.5, 0.6) is 0 Å². The van der Waals surface area contributed by atoms with Crippen molar-refractivity contribution in [1.82, 2.24) is 9.97 Å². The molecule has 2 aromatic rings. The maximum atomic E-state index is 4.85. The topological polar surface area (TPSA) is 41.0 Å². The third-order valence-corrected chi connectivity index (χ3v) is 4.32. The smallest absolute Gasteiger partial charge is 0.100 e. The molecule has 0 aliphatic carbocycles. The van der Waals surface area contributed by atoms with Crippen LogP contribution >= 0.6 is 11.8 Å². The van der Waals surface area contributed by atoms with Crippen molar-refractivity contribution >= 4 is 27.7 Å². The van der Waals surface area contributed by atoms with E-state index in [1.807, 2.05) is 30.2 Å². The highest BCUT2D eigenvalue weighted by Crippen LogP contribution is 2.30. The van der Waals surface area contributed by atoms with Crippen LogP contribution in [0, 0.1) is 5.92 Å². The van der Waals surface area contributed by atoms with Crippen molar-refractivity contribution in [3.8, 4) is 0 Å². The Bertz CT molecular complexity index is 585. The first kappa shape index (κ1) is 11.8. The average Bonchev–Trinajstić information content (AvgIpc) is 2.94. The molecule has 1 atom stereocenters. The van der Waals surface area contributed by atoms with Crippen LogP contribution in [0.2, 0.25) is 0 Å². The van der Waals surface area contributed by atoms with Gasteiger partial charge in [0.1, 0.15) is 5.04 Å². The van der Waals surface area contributed by atoms with Crippen LogP contribution in [-0.4, -0.2) is 26.8 Å². The van der Waals surface area contributed by atoms with Gasteiger partial charge in [0.05, 0.1) is 6.04 Å². The Labute approximate surface area is 111 Å². The van der Waals surface area contributed by atoms with E-state index < -0.39 is 0 Å². The highest BCUT2D eigenvalue weighted by Gasteiger charge is 2.22. The van der Waals surface area contributed by atoms with Crippen molar-refractivity contribution < 1.29 is 0 Å². The number of hydrogen-bond acceptors (Lipinski definition) is 3. The van der Waals surface area contributed by atoms with E-state index in [1.54, 1.807) is 0 Å². The summed E-state index contributed by atoms with van der Waals surface area (Å²) in [7, 11) is 0. The van der Waals surface area contributed by atoms with Gasteiger partial charge in [0.2, 0.25) is 0 Å². The van der Waals surface area contributed by atoms with Crippen molar-refractivity contribution in [3.63, 3.8) is 0 Å². The Balaban J connectivity index is 1.91. The van der Waals surface area contributed by atoms with E-state index in [0.717, 1.165) is 11.3 Å². The zero-order valence-electron chi connectivity index (χ0n) is 10.7. The minimum Gasteiger partial charge on any atom is -0.360 e. The number of fused-ring (bicyclic) bond motifs is 1. The van der Waals surface area contributed by atoms with Crippen molar-refractivity contribution in [2.45, 2.75) is 26.3 Å². The second-order valence-electron chi connectivity index (χ2n) is 5.15. The standard InChI is InChI=1S/C14H17N3S/c1-9(2)5-10-8-18-14(17-10)12-7-16-13-3-4-15-6-11(12)13/h3-4,6-7,9-10,16H,5,8H2,1-2H3. The lowest BCUT2D eigenvalue weighted by molar-refractivity contribution is 0.529. The molecule has 2 aromatic heterocycles. The average molecular weight is 259 g/mol. The summed E-state index contributed by atoms with van der Waals surface area (Å²) >= 11 is 1.87. The van der Waals surface area contributed by atoms with Crippen molar-refractivity contribution in [3.05, 3.63) is 30.2 Å². The van der Waals surface area contributed by atoms with Gasteiger partial charge >= 0.3 is 0 Å². The van der Waals surface area contributed by atoms with E-state index in [4.69, 9.17) is 4.99 Å². The number of aromatic nitrogens is 2. The van der Waals surface area contributed by atoms with E-state index in [9.17, 15) is 0 Å². The highest BCUT2D eigenvalue weighted by molar-refractivity contribution is 8.14. The number of thioether (sulfide) groups is 1. The van der Waals surface area contributed by atoms with E-state index >= 15 is 0 Å². The lowest BCUT2D eigenvalue weighted by Crippen LogP contribution is -2.07. The first-order valence-electron chi connectivity index (χ1n) is 6.36. The molecule has 3 nitrogen and oxygen atoms in total. The van der Waals surface area contributed by atoms with Crippen molar-refractivity contribution in [1.29, 1.82) is 0 Å². The van der Waals surface area contributed by atoms with Crippen molar-refractivity contribution in [2.24, 2.45) is 10.9 Å². The third kappa shape index (κ3) is 2.17. The van der Waals surface area contributed by atoms with Gasteiger partial charge in [0, 0.05) is 40.8 Å². The molecule has 1 N–H and O–H groups in total. The minimum atomic E-state index is 0.478. The monoisotopic (exact) mass is 259 g/mol. The number of rotatable bonds is 3. The Morgan fingerprint density at radius 3 is 3.22 bits per heavy atom. The molecule has 1 aliphatic rings. The molecule has 3 heterocycles. The number of hydrogen-bond donors (Lipinski definition) is 1. The lowest BCUT2D eigenvalue weighted by Gasteiger charge is -2.07. The summed E-state index contributed by atoms with van der Waals surface area (Å²) in [6.45, 7) is 4.52. The SMILES string of the molecule is CC(C)CC1CSC(c2c[nH]c3ccncc23)=N1. The summed E-state index contributed by atoms with van der Waals surface area (Å²) in [5.41, 5.74) is 2.34. The molecule has 4 heteroatoms. The van der Waals surface area contributed by atoms with Crippen LogP contribution in [0.15, 0.2) is 29.6 Å². The van der Waals surface area contributed by atoms with Gasteiger partial charge in [-0.25, -0.2) is 0 Å².